The van der Waals surface area contributed by atoms with Gasteiger partial charge in [-0.3, -0.25) is 0 Å². The fourth-order valence-corrected chi connectivity index (χ4v) is 10.6. The number of aromatic nitrogens is 1. The number of nitrogens with zero attached hydrogens (tertiary/aromatic N) is 2. The van der Waals surface area contributed by atoms with Gasteiger partial charge in [0.05, 0.1) is 11.2 Å². The maximum atomic E-state index is 4.16. The molecule has 0 fully saturated rings. The zero-order valence-corrected chi connectivity index (χ0v) is 39.9. The lowest BCUT2D eigenvalue weighted by molar-refractivity contribution is 0.680. The third-order valence-electron chi connectivity index (χ3n) is 13.9. The molecule has 7 aromatic carbocycles. The Morgan fingerprint density at radius 2 is 1.46 bits per heavy atom. The third-order valence-corrected chi connectivity index (χ3v) is 13.9. The molecule has 2 aliphatic carbocycles. The van der Waals surface area contributed by atoms with Gasteiger partial charge >= 0.3 is 0 Å². The lowest BCUT2D eigenvalue weighted by Crippen LogP contribution is -2.17. The molecule has 1 atom stereocenters. The number of hydrogen-bond donors (Lipinski definition) is 0. The van der Waals surface area contributed by atoms with Crippen LogP contribution in [0.15, 0.2) is 235 Å². The van der Waals surface area contributed by atoms with Gasteiger partial charge in [-0.1, -0.05) is 177 Å². The molecule has 2 heteroatoms. The molecule has 334 valence electrons. The summed E-state index contributed by atoms with van der Waals surface area (Å²) in [5.41, 5.74) is 18.9. The van der Waals surface area contributed by atoms with Gasteiger partial charge in [-0.15, -0.1) is 0 Å². The number of anilines is 2. The van der Waals surface area contributed by atoms with E-state index in [9.17, 15) is 0 Å². The molecule has 8 aromatic rings. The van der Waals surface area contributed by atoms with Crippen LogP contribution < -0.4 is 4.90 Å². The predicted molar refractivity (Wildman–Crippen MR) is 295 cm³/mol. The Labute approximate surface area is 403 Å². The zero-order chi connectivity index (χ0) is 46.6. The number of para-hydroxylation sites is 1. The first kappa shape index (κ1) is 44.2. The molecule has 1 unspecified atom stereocenters. The first-order valence-corrected chi connectivity index (χ1v) is 24.4. The summed E-state index contributed by atoms with van der Waals surface area (Å²) in [5, 5.41) is 6.31. The van der Waals surface area contributed by atoms with Gasteiger partial charge in [-0.05, 0) is 179 Å². The van der Waals surface area contributed by atoms with Crippen LogP contribution in [0.2, 0.25) is 0 Å². The third kappa shape index (κ3) is 8.71. The lowest BCUT2D eigenvalue weighted by atomic mass is 9.79. The van der Waals surface area contributed by atoms with Crippen LogP contribution in [-0.2, 0) is 0 Å². The van der Waals surface area contributed by atoms with E-state index in [1.54, 1.807) is 0 Å². The molecule has 0 saturated heterocycles. The largest absolute Gasteiger partial charge is 0.311 e. The minimum atomic E-state index is 0.221. The second-order valence-electron chi connectivity index (χ2n) is 18.5. The minimum absolute atomic E-state index is 0.221. The molecule has 0 amide bonds. The minimum Gasteiger partial charge on any atom is -0.311 e. The predicted octanol–water partition coefficient (Wildman–Crippen LogP) is 18.7. The van der Waals surface area contributed by atoms with E-state index in [-0.39, 0.29) is 5.92 Å². The van der Waals surface area contributed by atoms with Crippen molar-refractivity contribution in [3.05, 3.63) is 258 Å². The van der Waals surface area contributed by atoms with Gasteiger partial charge < -0.3 is 9.47 Å². The average Bonchev–Trinajstić information content (AvgIpc) is 3.72. The van der Waals surface area contributed by atoms with Gasteiger partial charge in [0.1, 0.15) is 0 Å². The van der Waals surface area contributed by atoms with E-state index in [0.29, 0.717) is 0 Å². The van der Waals surface area contributed by atoms with Crippen molar-refractivity contribution in [1.29, 1.82) is 0 Å². The fourth-order valence-electron chi connectivity index (χ4n) is 10.6. The molecule has 0 aliphatic heterocycles. The maximum Gasteiger partial charge on any atom is 0.0543 e. The van der Waals surface area contributed by atoms with Gasteiger partial charge in [0.2, 0.25) is 0 Å². The highest BCUT2D eigenvalue weighted by Crippen LogP contribution is 2.47. The van der Waals surface area contributed by atoms with Crippen molar-refractivity contribution in [3.8, 4) is 16.8 Å². The van der Waals surface area contributed by atoms with Crippen LogP contribution in [0.25, 0.3) is 60.9 Å². The zero-order valence-electron chi connectivity index (χ0n) is 39.9. The maximum absolute atomic E-state index is 4.16. The Kier molecular flexibility index (Phi) is 12.8. The van der Waals surface area contributed by atoms with E-state index < -0.39 is 0 Å². The lowest BCUT2D eigenvalue weighted by Gasteiger charge is -2.30. The number of benzene rings is 7. The van der Waals surface area contributed by atoms with Gasteiger partial charge in [0, 0.05) is 28.1 Å². The highest BCUT2D eigenvalue weighted by atomic mass is 15.1. The first-order valence-electron chi connectivity index (χ1n) is 24.4. The summed E-state index contributed by atoms with van der Waals surface area (Å²) in [6, 6.07) is 56.1. The Hall–Kier alpha value is -7.68. The van der Waals surface area contributed by atoms with E-state index in [1.807, 2.05) is 6.08 Å². The van der Waals surface area contributed by atoms with Gasteiger partial charge in [-0.25, -0.2) is 0 Å². The quantitative estimate of drug-likeness (QED) is 0.0827. The Morgan fingerprint density at radius 1 is 0.721 bits per heavy atom. The number of aryl methyl sites for hydroxylation is 1. The summed E-state index contributed by atoms with van der Waals surface area (Å²) in [7, 11) is 0. The smallest absolute Gasteiger partial charge is 0.0543 e. The standard InChI is InChI=1S/C66H60N2/c1-6-8-26-56(67(57-36-39-60(47(5)41-57)59(46(3)4)29-9-7-2)58-37-40-62-52(43-58)32-31-50-25-19-20-30-61(50)62)35-33-53-42-54(49-23-15-11-16-24-49)45-65-66(53)63-38-34-51(48-21-13-10-14-22-48)44-64(63)68(65)55-27-17-12-18-28-55/h6,8-15,17-23,25-32,34-41,43-45,53H,1,7,16,24,33,42H2,2-5H3/b26-8-,29-9-,56-35+. The average molecular weight is 881 g/mol. The number of rotatable bonds is 13. The molecule has 0 radical (unpaired) electrons. The molecule has 0 saturated carbocycles. The van der Waals surface area contributed by atoms with Crippen molar-refractivity contribution in [2.45, 2.75) is 65.7 Å². The van der Waals surface area contributed by atoms with E-state index in [1.165, 1.54) is 93.9 Å². The normalized spacial score (nSPS) is 15.0. The van der Waals surface area contributed by atoms with Crippen molar-refractivity contribution in [1.82, 2.24) is 4.57 Å². The van der Waals surface area contributed by atoms with E-state index >= 15 is 0 Å². The Balaban J connectivity index is 1.16. The van der Waals surface area contributed by atoms with Crippen molar-refractivity contribution in [2.24, 2.45) is 0 Å². The van der Waals surface area contributed by atoms with Crippen LogP contribution in [0.4, 0.5) is 11.4 Å². The molecule has 10 rings (SSSR count). The van der Waals surface area contributed by atoms with Crippen LogP contribution in [0.5, 0.6) is 0 Å². The van der Waals surface area contributed by atoms with Crippen LogP contribution >= 0.6 is 0 Å². The van der Waals surface area contributed by atoms with Gasteiger partial charge in [0.25, 0.3) is 0 Å². The Bertz CT molecular complexity index is 3410. The van der Waals surface area contributed by atoms with Crippen molar-refractivity contribution in [3.63, 3.8) is 0 Å². The van der Waals surface area contributed by atoms with Crippen molar-refractivity contribution in [2.75, 3.05) is 4.90 Å². The topological polar surface area (TPSA) is 8.17 Å². The van der Waals surface area contributed by atoms with Crippen LogP contribution in [-0.4, -0.2) is 4.57 Å². The summed E-state index contributed by atoms with van der Waals surface area (Å²) in [4.78, 5) is 2.46. The summed E-state index contributed by atoms with van der Waals surface area (Å²) in [6.45, 7) is 13.0. The molecule has 1 heterocycles. The van der Waals surface area contributed by atoms with Crippen LogP contribution in [0, 0.1) is 6.92 Å². The molecular formula is C66H60N2. The summed E-state index contributed by atoms with van der Waals surface area (Å²) >= 11 is 0. The molecular weight excluding hydrogens is 821 g/mol. The molecule has 0 N–H and O–H groups in total. The first-order chi connectivity index (χ1) is 33.4. The summed E-state index contributed by atoms with van der Waals surface area (Å²) in [5.74, 6) is 0.221. The second-order valence-corrected chi connectivity index (χ2v) is 18.5. The molecule has 2 aliphatic rings. The molecule has 68 heavy (non-hydrogen) atoms. The van der Waals surface area contributed by atoms with Gasteiger partial charge in [-0.2, -0.15) is 0 Å². The SMILES string of the molecule is C=C/C=C\C(=C/CC1CC(C2=CC=CCC2)=Cc2c1c1ccc(-c3ccccc3)cc1n2-c1ccccc1)N(c1ccc(C(/C=C\CC)=C(C)C)c(C)c1)c1ccc2c(ccc3ccccc32)c1. The highest BCUT2D eigenvalue weighted by molar-refractivity contribution is 6.08. The van der Waals surface area contributed by atoms with Crippen LogP contribution in [0.3, 0.4) is 0 Å². The van der Waals surface area contributed by atoms with Crippen LogP contribution in [0.1, 0.15) is 81.2 Å². The van der Waals surface area contributed by atoms with E-state index in [0.717, 1.165) is 49.2 Å². The van der Waals surface area contributed by atoms with Crippen molar-refractivity contribution >= 4 is 55.5 Å². The number of hydrogen-bond acceptors (Lipinski definition) is 1. The van der Waals surface area contributed by atoms with Gasteiger partial charge in [0.15, 0.2) is 0 Å². The van der Waals surface area contributed by atoms with E-state index in [4.69, 9.17) is 0 Å². The second kappa shape index (κ2) is 19.7. The molecule has 0 spiro atoms. The van der Waals surface area contributed by atoms with E-state index in [2.05, 4.69) is 250 Å². The van der Waals surface area contributed by atoms with Crippen molar-refractivity contribution < 1.29 is 0 Å². The molecule has 1 aromatic heterocycles. The Morgan fingerprint density at radius 3 is 2.22 bits per heavy atom. The fraction of sp³-hybridized carbons (Fsp3) is 0.152. The monoisotopic (exact) mass is 880 g/mol. The number of allylic oxidation sites excluding steroid dienone is 13. The summed E-state index contributed by atoms with van der Waals surface area (Å²) < 4.78 is 2.52. The molecule has 2 nitrogen and oxygen atoms in total. The number of fused-ring (bicyclic) bond motifs is 6. The highest BCUT2D eigenvalue weighted by Gasteiger charge is 2.30. The summed E-state index contributed by atoms with van der Waals surface area (Å²) in [6.07, 6.45) is 27.6. The molecule has 0 bridgehead atoms.